The number of hydrogen-bond acceptors (Lipinski definition) is 6. The average molecular weight is 499 g/mol. The predicted molar refractivity (Wildman–Crippen MR) is 131 cm³/mol. The smallest absolute Gasteiger partial charge is 0.342 e. The Labute approximate surface area is 205 Å². The molecule has 3 N–H and O–H groups in total. The van der Waals surface area contributed by atoms with Gasteiger partial charge in [0.1, 0.15) is 22.9 Å². The molecule has 0 atom stereocenters. The number of fused-ring (bicyclic) bond motifs is 1. The third kappa shape index (κ3) is 5.40. The number of carbonyl (C=O) groups is 3. The molecule has 1 aromatic heterocycles. The number of nitrogens with two attached hydrogens (primary N) is 1. The van der Waals surface area contributed by atoms with Gasteiger partial charge in [-0.3, -0.25) is 9.59 Å². The first-order valence-corrected chi connectivity index (χ1v) is 12.0. The van der Waals surface area contributed by atoms with Crippen molar-refractivity contribution in [3.63, 3.8) is 0 Å². The van der Waals surface area contributed by atoms with E-state index in [2.05, 4.69) is 5.32 Å². The van der Waals surface area contributed by atoms with Crippen LogP contribution in [0.25, 0.3) is 0 Å². The fourth-order valence-electron chi connectivity index (χ4n) is 3.82. The number of primary amides is 1. The van der Waals surface area contributed by atoms with Crippen molar-refractivity contribution in [2.45, 2.75) is 32.3 Å². The number of esters is 1. The molecule has 2 aromatic carbocycles. The van der Waals surface area contributed by atoms with Crippen molar-refractivity contribution in [1.29, 1.82) is 0 Å². The maximum absolute atomic E-state index is 12.7. The van der Waals surface area contributed by atoms with Crippen LogP contribution in [-0.4, -0.2) is 24.4 Å². The minimum Gasteiger partial charge on any atom is -0.488 e. The number of benzene rings is 2. The third-order valence-corrected chi connectivity index (χ3v) is 7.03. The van der Waals surface area contributed by atoms with Crippen LogP contribution in [0.5, 0.6) is 5.75 Å². The maximum atomic E-state index is 12.7. The second-order valence-electron chi connectivity index (χ2n) is 7.78. The molecule has 0 saturated carbocycles. The van der Waals surface area contributed by atoms with Crippen LogP contribution in [0.3, 0.4) is 0 Å². The van der Waals surface area contributed by atoms with Crippen LogP contribution in [0.4, 0.5) is 5.00 Å². The number of ether oxygens (including phenoxy) is 2. The zero-order chi connectivity index (χ0) is 24.1. The van der Waals surface area contributed by atoms with E-state index >= 15 is 0 Å². The van der Waals surface area contributed by atoms with E-state index in [9.17, 15) is 14.4 Å². The lowest BCUT2D eigenvalue weighted by molar-refractivity contribution is -0.119. The molecule has 1 heterocycles. The molecule has 34 heavy (non-hydrogen) atoms. The van der Waals surface area contributed by atoms with Gasteiger partial charge in [0.15, 0.2) is 6.61 Å². The summed E-state index contributed by atoms with van der Waals surface area (Å²) < 4.78 is 11.0. The monoisotopic (exact) mass is 498 g/mol. The fraction of sp³-hybridized carbons (Fsp3) is 0.240. The van der Waals surface area contributed by atoms with Crippen molar-refractivity contribution < 1.29 is 23.9 Å². The van der Waals surface area contributed by atoms with E-state index in [1.54, 1.807) is 30.3 Å². The topological polar surface area (TPSA) is 108 Å². The van der Waals surface area contributed by atoms with E-state index < -0.39 is 24.4 Å². The van der Waals surface area contributed by atoms with Gasteiger partial charge in [-0.05, 0) is 49.4 Å². The Balaban J connectivity index is 1.39. The third-order valence-electron chi connectivity index (χ3n) is 5.45. The van der Waals surface area contributed by atoms with Crippen molar-refractivity contribution in [2.75, 3.05) is 11.9 Å². The molecule has 4 rings (SSSR count). The molecule has 1 aliphatic carbocycles. The van der Waals surface area contributed by atoms with Gasteiger partial charge < -0.3 is 20.5 Å². The van der Waals surface area contributed by atoms with E-state index in [-0.39, 0.29) is 12.2 Å². The second kappa shape index (κ2) is 10.7. The van der Waals surface area contributed by atoms with E-state index in [0.717, 1.165) is 41.7 Å². The second-order valence-corrected chi connectivity index (χ2v) is 9.29. The first-order valence-electron chi connectivity index (χ1n) is 10.8. The molecule has 1 aliphatic rings. The van der Waals surface area contributed by atoms with Crippen LogP contribution in [0.2, 0.25) is 5.02 Å². The van der Waals surface area contributed by atoms with Gasteiger partial charge in [0, 0.05) is 15.5 Å². The SMILES string of the molecule is NC(=O)c1c(NC(=O)COC(=O)c2ccccc2OCc2ccccc2Cl)sc2c1CCCC2. The van der Waals surface area contributed by atoms with Gasteiger partial charge in [-0.1, -0.05) is 41.9 Å². The van der Waals surface area contributed by atoms with Gasteiger partial charge in [0.25, 0.3) is 11.8 Å². The summed E-state index contributed by atoms with van der Waals surface area (Å²) in [6.45, 7) is -0.345. The molecule has 0 radical (unpaired) electrons. The van der Waals surface area contributed by atoms with Gasteiger partial charge in [-0.15, -0.1) is 11.3 Å². The number of anilines is 1. The Morgan fingerprint density at radius 2 is 1.76 bits per heavy atom. The summed E-state index contributed by atoms with van der Waals surface area (Å²) >= 11 is 7.52. The van der Waals surface area contributed by atoms with Gasteiger partial charge in [0.05, 0.1) is 5.56 Å². The van der Waals surface area contributed by atoms with E-state index in [1.807, 2.05) is 18.2 Å². The molecule has 0 fully saturated rings. The lowest BCUT2D eigenvalue weighted by atomic mass is 9.95. The lowest BCUT2D eigenvalue weighted by Crippen LogP contribution is -2.23. The van der Waals surface area contributed by atoms with E-state index in [0.29, 0.717) is 21.3 Å². The Hall–Kier alpha value is -3.36. The normalized spacial score (nSPS) is 12.5. The highest BCUT2D eigenvalue weighted by atomic mass is 35.5. The Morgan fingerprint density at radius 1 is 1.03 bits per heavy atom. The number of hydrogen-bond donors (Lipinski definition) is 2. The molecule has 0 saturated heterocycles. The Bertz CT molecular complexity index is 1240. The fourth-order valence-corrected chi connectivity index (χ4v) is 5.32. The highest BCUT2D eigenvalue weighted by Gasteiger charge is 2.25. The number of aryl methyl sites for hydroxylation is 1. The number of nitrogens with one attached hydrogen (secondary N) is 1. The molecule has 0 bridgehead atoms. The lowest BCUT2D eigenvalue weighted by Gasteiger charge is -2.12. The summed E-state index contributed by atoms with van der Waals surface area (Å²) in [5, 5.41) is 3.65. The van der Waals surface area contributed by atoms with Crippen molar-refractivity contribution in [3.8, 4) is 5.75 Å². The van der Waals surface area contributed by atoms with Crippen LogP contribution in [-0.2, 0) is 29.0 Å². The van der Waals surface area contributed by atoms with E-state index in [1.165, 1.54) is 11.3 Å². The minimum atomic E-state index is -0.703. The van der Waals surface area contributed by atoms with Gasteiger partial charge in [0.2, 0.25) is 0 Å². The molecular formula is C25H23ClN2O5S. The van der Waals surface area contributed by atoms with Gasteiger partial charge >= 0.3 is 5.97 Å². The summed E-state index contributed by atoms with van der Waals surface area (Å²) in [6.07, 6.45) is 3.64. The molecule has 3 aromatic rings. The standard InChI is InChI=1S/C25H23ClN2O5S/c26-18-10-4-1-7-15(18)13-32-19-11-5-2-8-16(19)25(31)33-14-21(29)28-24-22(23(27)30)17-9-3-6-12-20(17)34-24/h1-2,4-5,7-8,10-11H,3,6,9,12-14H2,(H2,27,30)(H,28,29). The summed E-state index contributed by atoms with van der Waals surface area (Å²) in [4.78, 5) is 38.2. The van der Waals surface area contributed by atoms with Gasteiger partial charge in [-0.25, -0.2) is 4.79 Å². The van der Waals surface area contributed by atoms with Crippen molar-refractivity contribution in [2.24, 2.45) is 5.73 Å². The van der Waals surface area contributed by atoms with Crippen LogP contribution in [0, 0.1) is 0 Å². The summed E-state index contributed by atoms with van der Waals surface area (Å²) in [7, 11) is 0. The molecule has 0 spiro atoms. The number of halogens is 1. The molecule has 9 heteroatoms. The molecular weight excluding hydrogens is 476 g/mol. The first-order chi connectivity index (χ1) is 16.4. The predicted octanol–water partition coefficient (Wildman–Crippen LogP) is 4.75. The molecule has 176 valence electrons. The number of thiophene rings is 1. The zero-order valence-electron chi connectivity index (χ0n) is 18.3. The molecule has 0 aliphatic heterocycles. The first kappa shape index (κ1) is 23.8. The number of para-hydroxylation sites is 1. The summed E-state index contributed by atoms with van der Waals surface area (Å²) in [6, 6.07) is 13.9. The highest BCUT2D eigenvalue weighted by Crippen LogP contribution is 2.37. The maximum Gasteiger partial charge on any atom is 0.342 e. The van der Waals surface area contributed by atoms with Crippen LogP contribution in [0.1, 0.15) is 49.6 Å². The highest BCUT2D eigenvalue weighted by molar-refractivity contribution is 7.17. The number of carbonyl (C=O) groups excluding carboxylic acids is 3. The molecule has 2 amide bonds. The average Bonchev–Trinajstić information content (AvgIpc) is 3.20. The van der Waals surface area contributed by atoms with Crippen LogP contribution >= 0.6 is 22.9 Å². The summed E-state index contributed by atoms with van der Waals surface area (Å²) in [5.74, 6) is -1.51. The molecule has 7 nitrogen and oxygen atoms in total. The number of amides is 2. The van der Waals surface area contributed by atoms with Crippen LogP contribution < -0.4 is 15.8 Å². The summed E-state index contributed by atoms with van der Waals surface area (Å²) in [5.41, 5.74) is 7.80. The quantitative estimate of drug-likeness (QED) is 0.435. The van der Waals surface area contributed by atoms with Crippen molar-refractivity contribution in [3.05, 3.63) is 80.7 Å². The zero-order valence-corrected chi connectivity index (χ0v) is 19.8. The van der Waals surface area contributed by atoms with E-state index in [4.69, 9.17) is 26.8 Å². The Kier molecular flexibility index (Phi) is 7.49. The van der Waals surface area contributed by atoms with Crippen molar-refractivity contribution in [1.82, 2.24) is 0 Å². The minimum absolute atomic E-state index is 0.170. The Morgan fingerprint density at radius 3 is 2.56 bits per heavy atom. The van der Waals surface area contributed by atoms with Crippen molar-refractivity contribution >= 4 is 45.7 Å². The molecule has 0 unspecified atom stereocenters. The van der Waals surface area contributed by atoms with Crippen LogP contribution in [0.15, 0.2) is 48.5 Å². The largest absolute Gasteiger partial charge is 0.488 e. The van der Waals surface area contributed by atoms with Gasteiger partial charge in [-0.2, -0.15) is 0 Å². The number of rotatable bonds is 8.